The van der Waals surface area contributed by atoms with Gasteiger partial charge in [0.1, 0.15) is 25.3 Å². The Hall–Kier alpha value is -3.22. The smallest absolute Gasteiger partial charge is 0.248 e. The summed E-state index contributed by atoms with van der Waals surface area (Å²) in [6.45, 7) is 2.12. The lowest BCUT2D eigenvalue weighted by Crippen LogP contribution is -2.36. The van der Waals surface area contributed by atoms with Gasteiger partial charge in [-0.3, -0.25) is 14.4 Å². The van der Waals surface area contributed by atoms with Crippen molar-refractivity contribution in [2.45, 2.75) is 25.2 Å². The van der Waals surface area contributed by atoms with Gasteiger partial charge in [0.05, 0.1) is 17.9 Å². The summed E-state index contributed by atoms with van der Waals surface area (Å²) >= 11 is 0. The summed E-state index contributed by atoms with van der Waals surface area (Å²) in [6.07, 6.45) is 9.07. The fourth-order valence-corrected chi connectivity index (χ4v) is 4.31. The average Bonchev–Trinajstić information content (AvgIpc) is 3.28. The van der Waals surface area contributed by atoms with Crippen LogP contribution < -0.4 is 0 Å². The Morgan fingerprint density at radius 2 is 2.03 bits per heavy atom. The first-order valence-electron chi connectivity index (χ1n) is 10.2. The minimum absolute atomic E-state index is 0.0271. The van der Waals surface area contributed by atoms with E-state index in [0.717, 1.165) is 34.8 Å². The summed E-state index contributed by atoms with van der Waals surface area (Å²) in [6, 6.07) is 6.15. The van der Waals surface area contributed by atoms with Crippen LogP contribution in [0.3, 0.4) is 0 Å². The third kappa shape index (κ3) is 2.80. The fourth-order valence-electron chi connectivity index (χ4n) is 4.31. The maximum absolute atomic E-state index is 12.8. The highest BCUT2D eigenvalue weighted by Gasteiger charge is 2.31. The number of fused-ring (bicyclic) bond motifs is 3. The van der Waals surface area contributed by atoms with Crippen LogP contribution in [0.4, 0.5) is 0 Å². The number of carbonyl (C=O) groups excluding carboxylic acids is 1. The van der Waals surface area contributed by atoms with Crippen LogP contribution in [0.25, 0.3) is 5.70 Å². The summed E-state index contributed by atoms with van der Waals surface area (Å²) < 4.78 is 7.67. The van der Waals surface area contributed by atoms with Crippen molar-refractivity contribution in [3.63, 3.8) is 0 Å². The zero-order valence-electron chi connectivity index (χ0n) is 16.0. The molecule has 0 saturated heterocycles. The Labute approximate surface area is 168 Å². The Kier molecular flexibility index (Phi) is 3.69. The number of nitrogens with zero attached hydrogens (tertiary/aromatic N) is 5. The summed E-state index contributed by atoms with van der Waals surface area (Å²) in [7, 11) is 0. The van der Waals surface area contributed by atoms with E-state index in [1.54, 1.807) is 0 Å². The highest BCUT2D eigenvalue weighted by atomic mass is 16.5. The third-order valence-corrected chi connectivity index (χ3v) is 5.95. The van der Waals surface area contributed by atoms with Crippen molar-refractivity contribution in [2.75, 3.05) is 26.2 Å². The molecule has 1 saturated carbocycles. The molecule has 1 aromatic heterocycles. The van der Waals surface area contributed by atoms with Crippen LogP contribution in [-0.4, -0.2) is 58.3 Å². The maximum atomic E-state index is 12.8. The number of aromatic nitrogens is 2. The summed E-state index contributed by atoms with van der Waals surface area (Å²) in [5.74, 6) is 2.08. The van der Waals surface area contributed by atoms with E-state index in [1.165, 1.54) is 18.4 Å². The van der Waals surface area contributed by atoms with Gasteiger partial charge >= 0.3 is 0 Å². The van der Waals surface area contributed by atoms with Crippen LogP contribution >= 0.6 is 0 Å². The molecule has 146 valence electrons. The van der Waals surface area contributed by atoms with Gasteiger partial charge in [-0.05, 0) is 30.9 Å². The zero-order chi connectivity index (χ0) is 19.4. The SMILES string of the molecule is O=C1CN=C(n2cnc(C3CC3)c2)C=C2c3cccc(C4=NCCO4)c3CCN12. The molecular formula is C22H21N5O2. The van der Waals surface area contributed by atoms with Gasteiger partial charge in [-0.1, -0.05) is 12.1 Å². The number of rotatable bonds is 2. The monoisotopic (exact) mass is 387 g/mol. The Balaban J connectivity index is 1.45. The topological polar surface area (TPSA) is 72.1 Å². The van der Waals surface area contributed by atoms with Crippen molar-refractivity contribution in [1.82, 2.24) is 14.5 Å². The first kappa shape index (κ1) is 16.7. The Bertz CT molecular complexity index is 1110. The minimum atomic E-state index is 0.0271. The van der Waals surface area contributed by atoms with Gasteiger partial charge in [0.2, 0.25) is 11.8 Å². The quantitative estimate of drug-likeness (QED) is 0.793. The zero-order valence-corrected chi connectivity index (χ0v) is 16.0. The molecule has 0 bridgehead atoms. The van der Waals surface area contributed by atoms with Crippen molar-refractivity contribution in [3.05, 3.63) is 59.2 Å². The summed E-state index contributed by atoms with van der Waals surface area (Å²) in [5.41, 5.74) is 5.29. The van der Waals surface area contributed by atoms with Crippen LogP contribution in [0.5, 0.6) is 0 Å². The lowest BCUT2D eigenvalue weighted by molar-refractivity contribution is -0.126. The number of ether oxygens (including phenoxy) is 1. The van der Waals surface area contributed by atoms with Gasteiger partial charge in [0.15, 0.2) is 0 Å². The number of hydrogen-bond acceptors (Lipinski definition) is 5. The van der Waals surface area contributed by atoms with E-state index in [2.05, 4.69) is 33.3 Å². The van der Waals surface area contributed by atoms with Crippen molar-refractivity contribution in [2.24, 2.45) is 9.98 Å². The van der Waals surface area contributed by atoms with E-state index in [1.807, 2.05) is 27.9 Å². The lowest BCUT2D eigenvalue weighted by atomic mass is 9.91. The largest absolute Gasteiger partial charge is 0.476 e. The molecule has 4 aliphatic rings. The molecule has 0 radical (unpaired) electrons. The molecule has 1 aromatic carbocycles. The van der Waals surface area contributed by atoms with E-state index in [-0.39, 0.29) is 12.5 Å². The van der Waals surface area contributed by atoms with E-state index in [0.29, 0.717) is 31.5 Å². The third-order valence-electron chi connectivity index (χ3n) is 5.95. The molecule has 29 heavy (non-hydrogen) atoms. The van der Waals surface area contributed by atoms with E-state index in [9.17, 15) is 4.79 Å². The molecule has 0 atom stereocenters. The number of imidazole rings is 1. The molecule has 6 rings (SSSR count). The Morgan fingerprint density at radius 3 is 2.86 bits per heavy atom. The number of amides is 1. The standard InChI is InChI=1S/C22H21N5O2/c28-21-11-24-20(26-12-18(25-13-26)14-4-5-14)10-19-16-2-1-3-17(22-23-7-9-29-22)15(16)6-8-27(19)21/h1-3,10,12-14H,4-9,11H2. The predicted molar refractivity (Wildman–Crippen MR) is 109 cm³/mol. The molecule has 3 aliphatic heterocycles. The van der Waals surface area contributed by atoms with Gasteiger partial charge in [-0.15, -0.1) is 0 Å². The van der Waals surface area contributed by atoms with Gasteiger partial charge < -0.3 is 9.64 Å². The summed E-state index contributed by atoms with van der Waals surface area (Å²) in [4.78, 5) is 28.3. The van der Waals surface area contributed by atoms with Gasteiger partial charge in [-0.2, -0.15) is 0 Å². The van der Waals surface area contributed by atoms with E-state index in [4.69, 9.17) is 4.74 Å². The van der Waals surface area contributed by atoms with Gasteiger partial charge in [0, 0.05) is 35.9 Å². The second-order valence-corrected chi connectivity index (χ2v) is 7.85. The van der Waals surface area contributed by atoms with Crippen LogP contribution in [0.1, 0.15) is 41.1 Å². The maximum Gasteiger partial charge on any atom is 0.248 e. The van der Waals surface area contributed by atoms with Crippen molar-refractivity contribution < 1.29 is 9.53 Å². The molecule has 0 N–H and O–H groups in total. The number of aliphatic imine (C=N–C) groups is 2. The molecular weight excluding hydrogens is 366 g/mol. The number of benzene rings is 1. The molecule has 1 aliphatic carbocycles. The van der Waals surface area contributed by atoms with Crippen LogP contribution in [0.2, 0.25) is 0 Å². The highest BCUT2D eigenvalue weighted by Crippen LogP contribution is 2.39. The second-order valence-electron chi connectivity index (χ2n) is 7.85. The Morgan fingerprint density at radius 1 is 1.14 bits per heavy atom. The number of allylic oxidation sites excluding steroid dienone is 1. The molecule has 0 unspecified atom stereocenters. The molecule has 7 heteroatoms. The molecule has 1 amide bonds. The van der Waals surface area contributed by atoms with Gasteiger partial charge in [-0.25, -0.2) is 9.98 Å². The highest BCUT2D eigenvalue weighted by molar-refractivity contribution is 6.07. The average molecular weight is 387 g/mol. The summed E-state index contributed by atoms with van der Waals surface area (Å²) in [5, 5.41) is 0. The van der Waals surface area contributed by atoms with Crippen molar-refractivity contribution in [3.8, 4) is 0 Å². The molecule has 0 spiro atoms. The molecule has 1 fully saturated rings. The lowest BCUT2D eigenvalue weighted by Gasteiger charge is -2.31. The fraction of sp³-hybridized carbons (Fsp3) is 0.364. The number of hydrogen-bond donors (Lipinski definition) is 0. The van der Waals surface area contributed by atoms with Crippen LogP contribution in [0.15, 0.2) is 46.8 Å². The van der Waals surface area contributed by atoms with Crippen molar-refractivity contribution in [1.29, 1.82) is 0 Å². The molecule has 7 nitrogen and oxygen atoms in total. The van der Waals surface area contributed by atoms with Crippen LogP contribution in [0, 0.1) is 0 Å². The van der Waals surface area contributed by atoms with Gasteiger partial charge in [0.25, 0.3) is 0 Å². The van der Waals surface area contributed by atoms with Crippen LogP contribution in [-0.2, 0) is 16.0 Å². The second kappa shape index (κ2) is 6.40. The van der Waals surface area contributed by atoms with Crippen molar-refractivity contribution >= 4 is 23.3 Å². The first-order chi connectivity index (χ1) is 14.3. The molecule has 2 aromatic rings. The molecule has 4 heterocycles. The number of carbonyl (C=O) groups is 1. The van der Waals surface area contributed by atoms with E-state index < -0.39 is 0 Å². The van der Waals surface area contributed by atoms with E-state index >= 15 is 0 Å². The normalized spacial score (nSPS) is 20.9. The first-order valence-corrected chi connectivity index (χ1v) is 10.2. The predicted octanol–water partition coefficient (Wildman–Crippen LogP) is 2.22. The minimum Gasteiger partial charge on any atom is -0.476 e.